The van der Waals surface area contributed by atoms with Crippen LogP contribution in [0.5, 0.6) is 0 Å². The Morgan fingerprint density at radius 1 is 1.21 bits per heavy atom. The van der Waals surface area contributed by atoms with Crippen LogP contribution in [0, 0.1) is 17.8 Å². The van der Waals surface area contributed by atoms with Gasteiger partial charge in [-0.15, -0.1) is 0 Å². The van der Waals surface area contributed by atoms with Crippen molar-refractivity contribution >= 4 is 11.9 Å². The monoisotopic (exact) mass is 197 g/mol. The lowest BCUT2D eigenvalue weighted by atomic mass is 9.98. The zero-order valence-corrected chi connectivity index (χ0v) is 8.03. The summed E-state index contributed by atoms with van der Waals surface area (Å²) in [5.74, 6) is -0.210. The SMILES string of the molecule is O=C(O)C(=O)NCC(C1CC1)C1CC1. The Morgan fingerprint density at radius 2 is 1.71 bits per heavy atom. The number of amides is 1. The molecule has 0 aliphatic heterocycles. The van der Waals surface area contributed by atoms with Crippen LogP contribution in [0.2, 0.25) is 0 Å². The lowest BCUT2D eigenvalue weighted by Crippen LogP contribution is -2.35. The van der Waals surface area contributed by atoms with Gasteiger partial charge in [0, 0.05) is 6.54 Å². The molecule has 2 saturated carbocycles. The van der Waals surface area contributed by atoms with Gasteiger partial charge in [0.25, 0.3) is 0 Å². The summed E-state index contributed by atoms with van der Waals surface area (Å²) in [4.78, 5) is 21.1. The first-order valence-corrected chi connectivity index (χ1v) is 5.19. The zero-order chi connectivity index (χ0) is 10.1. The molecule has 0 aromatic rings. The van der Waals surface area contributed by atoms with E-state index < -0.39 is 11.9 Å². The van der Waals surface area contributed by atoms with Crippen molar-refractivity contribution in [3.8, 4) is 0 Å². The molecule has 4 nitrogen and oxygen atoms in total. The van der Waals surface area contributed by atoms with E-state index in [2.05, 4.69) is 5.32 Å². The van der Waals surface area contributed by atoms with E-state index in [9.17, 15) is 9.59 Å². The number of aliphatic carboxylic acids is 1. The van der Waals surface area contributed by atoms with Crippen molar-refractivity contribution in [2.24, 2.45) is 17.8 Å². The van der Waals surface area contributed by atoms with E-state index in [-0.39, 0.29) is 0 Å². The van der Waals surface area contributed by atoms with Gasteiger partial charge in [-0.05, 0) is 43.4 Å². The second kappa shape index (κ2) is 3.59. The smallest absolute Gasteiger partial charge is 0.394 e. The van der Waals surface area contributed by atoms with Gasteiger partial charge in [-0.2, -0.15) is 0 Å². The van der Waals surface area contributed by atoms with Crippen molar-refractivity contribution in [3.05, 3.63) is 0 Å². The first kappa shape index (κ1) is 9.49. The topological polar surface area (TPSA) is 66.4 Å². The van der Waals surface area contributed by atoms with Crippen molar-refractivity contribution in [1.29, 1.82) is 0 Å². The summed E-state index contributed by atoms with van der Waals surface area (Å²) in [6.45, 7) is 0.556. The molecule has 0 aromatic heterocycles. The van der Waals surface area contributed by atoms with Crippen molar-refractivity contribution in [1.82, 2.24) is 5.32 Å². The largest absolute Gasteiger partial charge is 0.474 e. The summed E-state index contributed by atoms with van der Waals surface area (Å²) < 4.78 is 0. The Balaban J connectivity index is 1.76. The van der Waals surface area contributed by atoms with E-state index in [0.29, 0.717) is 12.5 Å². The van der Waals surface area contributed by atoms with Crippen molar-refractivity contribution < 1.29 is 14.7 Å². The molecule has 2 aliphatic carbocycles. The Labute approximate surface area is 82.7 Å². The third-order valence-electron chi connectivity index (χ3n) is 3.15. The van der Waals surface area contributed by atoms with Gasteiger partial charge < -0.3 is 10.4 Å². The Bertz CT molecular complexity index is 244. The van der Waals surface area contributed by atoms with Crippen molar-refractivity contribution in [2.75, 3.05) is 6.54 Å². The van der Waals surface area contributed by atoms with Crippen LogP contribution in [-0.4, -0.2) is 23.5 Å². The second-order valence-electron chi connectivity index (χ2n) is 4.35. The predicted molar refractivity (Wildman–Crippen MR) is 49.6 cm³/mol. The fourth-order valence-electron chi connectivity index (χ4n) is 2.05. The molecular weight excluding hydrogens is 182 g/mol. The molecule has 0 bridgehead atoms. The van der Waals surface area contributed by atoms with Gasteiger partial charge in [-0.25, -0.2) is 4.79 Å². The van der Waals surface area contributed by atoms with Gasteiger partial charge in [-0.3, -0.25) is 4.79 Å². The van der Waals surface area contributed by atoms with Crippen LogP contribution in [0.4, 0.5) is 0 Å². The number of carboxylic acids is 1. The van der Waals surface area contributed by atoms with Gasteiger partial charge in [0.05, 0.1) is 0 Å². The number of rotatable bonds is 4. The molecule has 0 unspecified atom stereocenters. The molecule has 2 N–H and O–H groups in total. The second-order valence-corrected chi connectivity index (χ2v) is 4.35. The van der Waals surface area contributed by atoms with E-state index in [1.165, 1.54) is 25.7 Å². The highest BCUT2D eigenvalue weighted by Gasteiger charge is 2.41. The van der Waals surface area contributed by atoms with Crippen LogP contribution < -0.4 is 5.32 Å². The first-order valence-electron chi connectivity index (χ1n) is 5.19. The van der Waals surface area contributed by atoms with Crippen LogP contribution in [0.25, 0.3) is 0 Å². The number of carbonyl (C=O) groups is 2. The van der Waals surface area contributed by atoms with Crippen LogP contribution in [-0.2, 0) is 9.59 Å². The molecule has 2 aliphatic rings. The minimum Gasteiger partial charge on any atom is -0.474 e. The quantitative estimate of drug-likeness (QED) is 0.649. The molecule has 2 fully saturated rings. The normalized spacial score (nSPS) is 20.9. The molecule has 0 saturated heterocycles. The fraction of sp³-hybridized carbons (Fsp3) is 0.800. The molecule has 78 valence electrons. The Hall–Kier alpha value is -1.06. The molecule has 4 heteroatoms. The first-order chi connectivity index (χ1) is 6.68. The Morgan fingerprint density at radius 3 is 2.07 bits per heavy atom. The van der Waals surface area contributed by atoms with Crippen molar-refractivity contribution in [3.63, 3.8) is 0 Å². The van der Waals surface area contributed by atoms with Gasteiger partial charge in [0.1, 0.15) is 0 Å². The summed E-state index contributed by atoms with van der Waals surface area (Å²) in [6.07, 6.45) is 5.02. The van der Waals surface area contributed by atoms with Crippen LogP contribution >= 0.6 is 0 Å². The van der Waals surface area contributed by atoms with E-state index >= 15 is 0 Å². The zero-order valence-electron chi connectivity index (χ0n) is 8.03. The van der Waals surface area contributed by atoms with Crippen LogP contribution in [0.15, 0.2) is 0 Å². The van der Waals surface area contributed by atoms with E-state index in [0.717, 1.165) is 11.8 Å². The van der Waals surface area contributed by atoms with Gasteiger partial charge in [0.15, 0.2) is 0 Å². The Kier molecular flexibility index (Phi) is 2.44. The maximum atomic E-state index is 10.8. The third kappa shape index (κ3) is 2.25. The standard InChI is InChI=1S/C10H15NO3/c12-9(10(13)14)11-5-8(6-1-2-6)7-3-4-7/h6-8H,1-5H2,(H,11,12)(H,13,14). The molecular formula is C10H15NO3. The summed E-state index contributed by atoms with van der Waals surface area (Å²) in [5, 5.41) is 10.9. The summed E-state index contributed by atoms with van der Waals surface area (Å²) in [5.41, 5.74) is 0. The van der Waals surface area contributed by atoms with Gasteiger partial charge in [0.2, 0.25) is 0 Å². The maximum Gasteiger partial charge on any atom is 0.394 e. The molecule has 0 radical (unpaired) electrons. The van der Waals surface area contributed by atoms with E-state index in [1.807, 2.05) is 0 Å². The average Bonchev–Trinajstić information content (AvgIpc) is 2.99. The van der Waals surface area contributed by atoms with Crippen LogP contribution in [0.1, 0.15) is 25.7 Å². The number of hydrogen-bond donors (Lipinski definition) is 2. The lowest BCUT2D eigenvalue weighted by molar-refractivity contribution is -0.150. The number of carboxylic acid groups (broad SMARTS) is 1. The maximum absolute atomic E-state index is 10.8. The summed E-state index contributed by atoms with van der Waals surface area (Å²) >= 11 is 0. The summed E-state index contributed by atoms with van der Waals surface area (Å²) in [7, 11) is 0. The van der Waals surface area contributed by atoms with Crippen molar-refractivity contribution in [2.45, 2.75) is 25.7 Å². The average molecular weight is 197 g/mol. The fourth-order valence-corrected chi connectivity index (χ4v) is 2.05. The minimum atomic E-state index is -1.38. The molecule has 14 heavy (non-hydrogen) atoms. The van der Waals surface area contributed by atoms with E-state index in [1.54, 1.807) is 0 Å². The molecule has 0 aromatic carbocycles. The lowest BCUT2D eigenvalue weighted by Gasteiger charge is -2.14. The van der Waals surface area contributed by atoms with Gasteiger partial charge >= 0.3 is 11.9 Å². The minimum absolute atomic E-state index is 0.540. The summed E-state index contributed by atoms with van der Waals surface area (Å²) in [6, 6.07) is 0. The number of carbonyl (C=O) groups excluding carboxylic acids is 1. The molecule has 0 atom stereocenters. The molecule has 1 amide bonds. The predicted octanol–water partition coefficient (Wildman–Crippen LogP) is 0.623. The highest BCUT2D eigenvalue weighted by Crippen LogP contribution is 2.48. The van der Waals surface area contributed by atoms with E-state index in [4.69, 9.17) is 5.11 Å². The van der Waals surface area contributed by atoms with Crippen LogP contribution in [0.3, 0.4) is 0 Å². The highest BCUT2D eigenvalue weighted by atomic mass is 16.4. The third-order valence-corrected chi connectivity index (χ3v) is 3.15. The number of nitrogens with one attached hydrogen (secondary N) is 1. The molecule has 0 heterocycles. The highest BCUT2D eigenvalue weighted by molar-refractivity contribution is 6.31. The van der Waals surface area contributed by atoms with Gasteiger partial charge in [-0.1, -0.05) is 0 Å². The number of hydrogen-bond acceptors (Lipinski definition) is 2. The molecule has 0 spiro atoms. The molecule has 2 rings (SSSR count).